The van der Waals surface area contributed by atoms with Crippen molar-refractivity contribution < 1.29 is 13.9 Å². The van der Waals surface area contributed by atoms with Crippen molar-refractivity contribution in [2.24, 2.45) is 0 Å². The van der Waals surface area contributed by atoms with E-state index >= 15 is 0 Å². The number of amides is 1. The van der Waals surface area contributed by atoms with Crippen LogP contribution >= 0.6 is 0 Å². The van der Waals surface area contributed by atoms with E-state index in [0.29, 0.717) is 5.75 Å². The van der Waals surface area contributed by atoms with Gasteiger partial charge in [0.25, 0.3) is 0 Å². The molecule has 2 aromatic carbocycles. The van der Waals surface area contributed by atoms with Gasteiger partial charge in [-0.2, -0.15) is 0 Å². The van der Waals surface area contributed by atoms with Crippen LogP contribution in [0.3, 0.4) is 0 Å². The summed E-state index contributed by atoms with van der Waals surface area (Å²) in [5, 5.41) is 2.45. The number of likely N-dealkylation sites (tertiary alicyclic amines) is 1. The summed E-state index contributed by atoms with van der Waals surface area (Å²) in [6.07, 6.45) is 3.37. The van der Waals surface area contributed by atoms with Crippen molar-refractivity contribution in [2.45, 2.75) is 24.4 Å². The van der Waals surface area contributed by atoms with Crippen LogP contribution in [0, 0.1) is 5.82 Å². The van der Waals surface area contributed by atoms with Gasteiger partial charge in [-0.05, 0) is 55.8 Å². The lowest BCUT2D eigenvalue weighted by atomic mass is 9.76. The standard InChI is InChI=1S/C22H24FN3O2/c1-4-11-22-12-13-25(2)20(22)26(3)19-10-9-15(14-16(19)22)28-21(27)24-18-8-6-5-7-17(18)23/h4-10,14,20H,1,11-13H2,2-3H3,(H,24,27). The Bertz CT molecular complexity index is 932. The number of hydrogen-bond acceptors (Lipinski definition) is 4. The van der Waals surface area contributed by atoms with Crippen molar-refractivity contribution in [1.29, 1.82) is 0 Å². The largest absolute Gasteiger partial charge is 0.417 e. The summed E-state index contributed by atoms with van der Waals surface area (Å²) < 4.78 is 19.2. The van der Waals surface area contributed by atoms with Crippen LogP contribution in [-0.2, 0) is 5.41 Å². The molecule has 2 heterocycles. The highest BCUT2D eigenvalue weighted by atomic mass is 19.1. The van der Waals surface area contributed by atoms with E-state index in [9.17, 15) is 9.18 Å². The second-order valence-electron chi connectivity index (χ2n) is 7.54. The molecule has 1 saturated heterocycles. The first kappa shape index (κ1) is 18.5. The number of hydrogen-bond donors (Lipinski definition) is 1. The number of benzene rings is 2. The summed E-state index contributed by atoms with van der Waals surface area (Å²) in [7, 11) is 4.23. The molecule has 28 heavy (non-hydrogen) atoms. The quantitative estimate of drug-likeness (QED) is 0.799. The molecule has 0 aromatic heterocycles. The topological polar surface area (TPSA) is 44.8 Å². The maximum Gasteiger partial charge on any atom is 0.417 e. The predicted molar refractivity (Wildman–Crippen MR) is 108 cm³/mol. The van der Waals surface area contributed by atoms with Crippen LogP contribution in [0.2, 0.25) is 0 Å². The number of ether oxygens (including phenoxy) is 1. The molecule has 0 aliphatic carbocycles. The Morgan fingerprint density at radius 3 is 2.89 bits per heavy atom. The molecule has 2 aromatic rings. The van der Waals surface area contributed by atoms with E-state index in [-0.39, 0.29) is 17.3 Å². The van der Waals surface area contributed by atoms with Crippen LogP contribution in [0.4, 0.5) is 20.6 Å². The second kappa shape index (κ2) is 6.95. The summed E-state index contributed by atoms with van der Waals surface area (Å²) in [6.45, 7) is 4.96. The van der Waals surface area contributed by atoms with Gasteiger partial charge in [0.2, 0.25) is 0 Å². The normalized spacial score (nSPS) is 23.2. The van der Waals surface area contributed by atoms with Gasteiger partial charge in [-0.3, -0.25) is 10.2 Å². The molecule has 1 N–H and O–H groups in total. The van der Waals surface area contributed by atoms with Crippen molar-refractivity contribution >= 4 is 17.5 Å². The van der Waals surface area contributed by atoms with Gasteiger partial charge in [-0.15, -0.1) is 6.58 Å². The fourth-order valence-electron chi connectivity index (χ4n) is 4.79. The highest BCUT2D eigenvalue weighted by molar-refractivity contribution is 5.86. The Kier molecular flexibility index (Phi) is 4.59. The smallest absolute Gasteiger partial charge is 0.410 e. The van der Waals surface area contributed by atoms with Crippen molar-refractivity contribution in [1.82, 2.24) is 4.90 Å². The predicted octanol–water partition coefficient (Wildman–Crippen LogP) is 4.36. The molecule has 6 heteroatoms. The van der Waals surface area contributed by atoms with Crippen molar-refractivity contribution in [3.63, 3.8) is 0 Å². The fraction of sp³-hybridized carbons (Fsp3) is 0.318. The Morgan fingerprint density at radius 2 is 2.14 bits per heavy atom. The van der Waals surface area contributed by atoms with Crippen molar-refractivity contribution in [3.8, 4) is 5.75 Å². The summed E-state index contributed by atoms with van der Waals surface area (Å²) in [5.74, 6) is -0.0589. The zero-order chi connectivity index (χ0) is 19.9. The van der Waals surface area contributed by atoms with Gasteiger partial charge in [0.05, 0.1) is 11.9 Å². The third kappa shape index (κ3) is 2.85. The first-order valence-electron chi connectivity index (χ1n) is 9.38. The molecule has 0 bridgehead atoms. The van der Waals surface area contributed by atoms with E-state index < -0.39 is 11.9 Å². The van der Waals surface area contributed by atoms with Crippen LogP contribution in [-0.4, -0.2) is 37.8 Å². The lowest BCUT2D eigenvalue weighted by molar-refractivity contribution is 0.215. The number of nitrogens with zero attached hydrogens (tertiary/aromatic N) is 2. The molecule has 5 nitrogen and oxygen atoms in total. The van der Waals surface area contributed by atoms with Crippen molar-refractivity contribution in [3.05, 3.63) is 66.5 Å². The lowest BCUT2D eigenvalue weighted by Gasteiger charge is -2.34. The average molecular weight is 381 g/mol. The Balaban J connectivity index is 1.61. The number of allylic oxidation sites excluding steroid dienone is 1. The van der Waals surface area contributed by atoms with E-state index in [2.05, 4.69) is 35.8 Å². The van der Waals surface area contributed by atoms with Gasteiger partial charge in [0.15, 0.2) is 0 Å². The highest BCUT2D eigenvalue weighted by Crippen LogP contribution is 2.54. The minimum absolute atomic E-state index is 0.0675. The van der Waals surface area contributed by atoms with Gasteiger partial charge in [0, 0.05) is 24.7 Å². The summed E-state index contributed by atoms with van der Waals surface area (Å²) in [6, 6.07) is 11.7. The summed E-state index contributed by atoms with van der Waals surface area (Å²) in [4.78, 5) is 16.9. The fourth-order valence-corrected chi connectivity index (χ4v) is 4.79. The van der Waals surface area contributed by atoms with Gasteiger partial charge < -0.3 is 9.64 Å². The van der Waals surface area contributed by atoms with Crippen LogP contribution < -0.4 is 15.0 Å². The maximum absolute atomic E-state index is 13.7. The second-order valence-corrected chi connectivity index (χ2v) is 7.54. The Labute approximate surface area is 164 Å². The third-order valence-electron chi connectivity index (χ3n) is 5.90. The molecule has 2 aliphatic rings. The number of carbonyl (C=O) groups excluding carboxylic acids is 1. The number of carbonyl (C=O) groups is 1. The van der Waals surface area contributed by atoms with E-state index in [1.165, 1.54) is 17.7 Å². The SMILES string of the molecule is C=CCC12CCN(C)C1N(C)c1ccc(OC(=O)Nc3ccccc3F)cc12. The first-order chi connectivity index (χ1) is 13.5. The molecular formula is C22H24FN3O2. The zero-order valence-corrected chi connectivity index (χ0v) is 16.1. The van der Waals surface area contributed by atoms with Crippen LogP contribution in [0.1, 0.15) is 18.4 Å². The van der Waals surface area contributed by atoms with Gasteiger partial charge in [0.1, 0.15) is 11.6 Å². The third-order valence-corrected chi connectivity index (χ3v) is 5.90. The van der Waals surface area contributed by atoms with E-state index in [0.717, 1.165) is 25.1 Å². The molecule has 2 unspecified atom stereocenters. The number of fused-ring (bicyclic) bond motifs is 3. The Hall–Kier alpha value is -2.86. The maximum atomic E-state index is 13.7. The Morgan fingerprint density at radius 1 is 1.36 bits per heavy atom. The minimum Gasteiger partial charge on any atom is -0.410 e. The number of anilines is 2. The van der Waals surface area contributed by atoms with Crippen LogP contribution in [0.25, 0.3) is 0 Å². The molecule has 2 atom stereocenters. The lowest BCUT2D eigenvalue weighted by Crippen LogP contribution is -2.46. The molecule has 4 rings (SSSR count). The summed E-state index contributed by atoms with van der Waals surface area (Å²) in [5.41, 5.74) is 2.33. The van der Waals surface area contributed by atoms with E-state index in [4.69, 9.17) is 4.74 Å². The number of likely N-dealkylation sites (N-methyl/N-ethyl adjacent to an activating group) is 2. The van der Waals surface area contributed by atoms with E-state index in [1.54, 1.807) is 18.2 Å². The number of nitrogens with one attached hydrogen (secondary N) is 1. The molecule has 1 amide bonds. The molecule has 146 valence electrons. The van der Waals surface area contributed by atoms with Crippen LogP contribution in [0.15, 0.2) is 55.1 Å². The monoisotopic (exact) mass is 381 g/mol. The molecular weight excluding hydrogens is 357 g/mol. The number of halogens is 1. The highest BCUT2D eigenvalue weighted by Gasteiger charge is 2.54. The number of para-hydroxylation sites is 1. The van der Waals surface area contributed by atoms with Crippen molar-refractivity contribution in [2.75, 3.05) is 30.9 Å². The summed E-state index contributed by atoms with van der Waals surface area (Å²) >= 11 is 0. The molecule has 0 saturated carbocycles. The average Bonchev–Trinajstić information content (AvgIpc) is 3.11. The number of rotatable bonds is 4. The molecule has 0 spiro atoms. The van der Waals surface area contributed by atoms with Crippen LogP contribution in [0.5, 0.6) is 5.75 Å². The van der Waals surface area contributed by atoms with Gasteiger partial charge >= 0.3 is 6.09 Å². The molecule has 1 fully saturated rings. The molecule has 0 radical (unpaired) electrons. The van der Waals surface area contributed by atoms with E-state index in [1.807, 2.05) is 18.2 Å². The first-order valence-corrected chi connectivity index (χ1v) is 9.38. The zero-order valence-electron chi connectivity index (χ0n) is 16.1. The van der Waals surface area contributed by atoms with Gasteiger partial charge in [-0.1, -0.05) is 18.2 Å². The molecule has 2 aliphatic heterocycles. The minimum atomic E-state index is -0.714. The van der Waals surface area contributed by atoms with Gasteiger partial charge in [-0.25, -0.2) is 9.18 Å².